The van der Waals surface area contributed by atoms with Gasteiger partial charge in [0.2, 0.25) is 0 Å². The third-order valence-electron chi connectivity index (χ3n) is 4.37. The van der Waals surface area contributed by atoms with Gasteiger partial charge in [0.05, 0.1) is 10.9 Å². The molecule has 122 valence electrons. The summed E-state index contributed by atoms with van der Waals surface area (Å²) in [5, 5.41) is 3.06. The van der Waals surface area contributed by atoms with Crippen molar-refractivity contribution in [2.45, 2.75) is 49.6 Å². The van der Waals surface area contributed by atoms with Gasteiger partial charge in [0.15, 0.2) is 9.84 Å². The molecule has 1 saturated carbocycles. The second-order valence-electron chi connectivity index (χ2n) is 6.06. The second kappa shape index (κ2) is 6.69. The van der Waals surface area contributed by atoms with Crippen LogP contribution < -0.4 is 5.32 Å². The van der Waals surface area contributed by atoms with E-state index in [4.69, 9.17) is 0 Å². The molecule has 1 unspecified atom stereocenters. The smallest absolute Gasteiger partial charge is 0.317 e. The largest absolute Gasteiger partial charge is 0.335 e. The first-order valence-electron chi connectivity index (χ1n) is 7.62. The lowest BCUT2D eigenvalue weighted by molar-refractivity contribution is 0.190. The van der Waals surface area contributed by atoms with Crippen molar-refractivity contribution in [1.29, 1.82) is 0 Å². The number of urea groups is 1. The maximum Gasteiger partial charge on any atom is 0.317 e. The summed E-state index contributed by atoms with van der Waals surface area (Å²) in [7, 11) is -1.43. The van der Waals surface area contributed by atoms with Crippen molar-refractivity contribution >= 4 is 15.9 Å². The molecule has 1 aromatic carbocycles. The maximum atomic E-state index is 12.3. The summed E-state index contributed by atoms with van der Waals surface area (Å²) >= 11 is 0. The number of amides is 2. The van der Waals surface area contributed by atoms with E-state index in [-0.39, 0.29) is 18.1 Å². The average molecular weight is 324 g/mol. The molecule has 0 aliphatic heterocycles. The lowest BCUT2D eigenvalue weighted by atomic mass is 10.1. The van der Waals surface area contributed by atoms with Gasteiger partial charge in [-0.25, -0.2) is 13.2 Å². The quantitative estimate of drug-likeness (QED) is 0.926. The molecule has 22 heavy (non-hydrogen) atoms. The van der Waals surface area contributed by atoms with Gasteiger partial charge < -0.3 is 10.2 Å². The van der Waals surface area contributed by atoms with Crippen LogP contribution in [0.3, 0.4) is 0 Å². The Balaban J connectivity index is 2.03. The van der Waals surface area contributed by atoms with Crippen LogP contribution >= 0.6 is 0 Å². The molecule has 1 aromatic rings. The number of sulfone groups is 1. The highest BCUT2D eigenvalue weighted by Gasteiger charge is 2.22. The Morgan fingerprint density at radius 2 is 1.77 bits per heavy atom. The van der Waals surface area contributed by atoms with Crippen LogP contribution in [0.1, 0.15) is 44.2 Å². The van der Waals surface area contributed by atoms with Crippen molar-refractivity contribution in [2.24, 2.45) is 0 Å². The highest BCUT2D eigenvalue weighted by Crippen LogP contribution is 2.22. The summed E-state index contributed by atoms with van der Waals surface area (Å²) in [6.07, 6.45) is 5.65. The van der Waals surface area contributed by atoms with E-state index in [0.29, 0.717) is 4.90 Å². The summed E-state index contributed by atoms with van der Waals surface area (Å²) in [4.78, 5) is 14.2. The Morgan fingerprint density at radius 3 is 2.27 bits per heavy atom. The van der Waals surface area contributed by atoms with Crippen LogP contribution in [-0.4, -0.2) is 38.7 Å². The van der Waals surface area contributed by atoms with Gasteiger partial charge in [-0.05, 0) is 37.5 Å². The molecule has 1 N–H and O–H groups in total. The second-order valence-corrected chi connectivity index (χ2v) is 8.07. The van der Waals surface area contributed by atoms with E-state index in [1.54, 1.807) is 36.2 Å². The SMILES string of the molecule is CC(c1ccc(S(C)(=O)=O)cc1)N(C)C(=O)NC1CCCC1. The lowest BCUT2D eigenvalue weighted by Crippen LogP contribution is -2.43. The molecule has 0 spiro atoms. The van der Waals surface area contributed by atoms with E-state index in [1.165, 1.54) is 19.1 Å². The third-order valence-corrected chi connectivity index (χ3v) is 5.50. The third kappa shape index (κ3) is 4.00. The Morgan fingerprint density at radius 1 is 1.23 bits per heavy atom. The summed E-state index contributed by atoms with van der Waals surface area (Å²) in [5.74, 6) is 0. The Hall–Kier alpha value is -1.56. The first-order valence-corrected chi connectivity index (χ1v) is 9.51. The minimum atomic E-state index is -3.19. The molecule has 2 rings (SSSR count). The summed E-state index contributed by atoms with van der Waals surface area (Å²) in [6.45, 7) is 1.93. The highest BCUT2D eigenvalue weighted by molar-refractivity contribution is 7.90. The number of hydrogen-bond acceptors (Lipinski definition) is 3. The Bertz CT molecular complexity index is 619. The number of carbonyl (C=O) groups is 1. The predicted molar refractivity (Wildman–Crippen MR) is 86.5 cm³/mol. The van der Waals surface area contributed by atoms with Crippen molar-refractivity contribution < 1.29 is 13.2 Å². The normalized spacial score (nSPS) is 17.2. The number of benzene rings is 1. The topological polar surface area (TPSA) is 66.5 Å². The summed E-state index contributed by atoms with van der Waals surface area (Å²) in [5.41, 5.74) is 0.913. The zero-order chi connectivity index (χ0) is 16.3. The van der Waals surface area contributed by atoms with E-state index >= 15 is 0 Å². The van der Waals surface area contributed by atoms with Crippen LogP contribution in [0.4, 0.5) is 4.79 Å². The van der Waals surface area contributed by atoms with Crippen molar-refractivity contribution in [3.05, 3.63) is 29.8 Å². The highest BCUT2D eigenvalue weighted by atomic mass is 32.2. The van der Waals surface area contributed by atoms with Gasteiger partial charge in [-0.15, -0.1) is 0 Å². The van der Waals surface area contributed by atoms with Crippen molar-refractivity contribution in [1.82, 2.24) is 10.2 Å². The Labute approximate surface area is 132 Å². The fraction of sp³-hybridized carbons (Fsp3) is 0.562. The van der Waals surface area contributed by atoms with Gasteiger partial charge in [-0.2, -0.15) is 0 Å². The van der Waals surface area contributed by atoms with E-state index in [2.05, 4.69) is 5.32 Å². The van der Waals surface area contributed by atoms with E-state index in [9.17, 15) is 13.2 Å². The van der Waals surface area contributed by atoms with Crippen LogP contribution in [0.2, 0.25) is 0 Å². The minimum absolute atomic E-state index is 0.0772. The maximum absolute atomic E-state index is 12.3. The molecule has 2 amide bonds. The molecule has 0 aromatic heterocycles. The Kier molecular flexibility index (Phi) is 5.11. The van der Waals surface area contributed by atoms with E-state index in [1.807, 2.05) is 6.92 Å². The number of hydrogen-bond donors (Lipinski definition) is 1. The molecule has 5 nitrogen and oxygen atoms in total. The van der Waals surface area contributed by atoms with E-state index < -0.39 is 9.84 Å². The van der Waals surface area contributed by atoms with E-state index in [0.717, 1.165) is 18.4 Å². The van der Waals surface area contributed by atoms with Gasteiger partial charge in [-0.1, -0.05) is 25.0 Å². The molecule has 1 atom stereocenters. The molecule has 0 bridgehead atoms. The molecule has 0 heterocycles. The van der Waals surface area contributed by atoms with Gasteiger partial charge in [0, 0.05) is 19.3 Å². The van der Waals surface area contributed by atoms with Gasteiger partial charge in [0.25, 0.3) is 0 Å². The zero-order valence-corrected chi connectivity index (χ0v) is 14.2. The van der Waals surface area contributed by atoms with Crippen LogP contribution in [0.25, 0.3) is 0 Å². The monoisotopic (exact) mass is 324 g/mol. The molecular formula is C16H24N2O3S. The minimum Gasteiger partial charge on any atom is -0.335 e. The van der Waals surface area contributed by atoms with Crippen molar-refractivity contribution in [3.8, 4) is 0 Å². The first-order chi connectivity index (χ1) is 10.3. The van der Waals surface area contributed by atoms with Crippen molar-refractivity contribution in [3.63, 3.8) is 0 Å². The standard InChI is InChI=1S/C16H24N2O3S/c1-12(13-8-10-15(11-9-13)22(3,20)21)18(2)16(19)17-14-6-4-5-7-14/h8-12,14H,4-7H2,1-3H3,(H,17,19). The van der Waals surface area contributed by atoms with Gasteiger partial charge in [-0.3, -0.25) is 0 Å². The number of nitrogens with one attached hydrogen (secondary N) is 1. The number of carbonyl (C=O) groups excluding carboxylic acids is 1. The summed E-state index contributed by atoms with van der Waals surface area (Å²) < 4.78 is 22.9. The van der Waals surface area contributed by atoms with Crippen LogP contribution in [0.5, 0.6) is 0 Å². The molecule has 0 radical (unpaired) electrons. The predicted octanol–water partition coefficient (Wildman–Crippen LogP) is 2.74. The lowest BCUT2D eigenvalue weighted by Gasteiger charge is -2.27. The molecule has 1 aliphatic rings. The number of nitrogens with zero attached hydrogens (tertiary/aromatic N) is 1. The average Bonchev–Trinajstić information content (AvgIpc) is 2.97. The zero-order valence-electron chi connectivity index (χ0n) is 13.4. The van der Waals surface area contributed by atoms with Gasteiger partial charge >= 0.3 is 6.03 Å². The van der Waals surface area contributed by atoms with Gasteiger partial charge in [0.1, 0.15) is 0 Å². The van der Waals surface area contributed by atoms with Crippen LogP contribution in [0.15, 0.2) is 29.2 Å². The van der Waals surface area contributed by atoms with Crippen molar-refractivity contribution in [2.75, 3.05) is 13.3 Å². The molecule has 1 aliphatic carbocycles. The molecular weight excluding hydrogens is 300 g/mol. The first kappa shape index (κ1) is 16.8. The number of rotatable bonds is 4. The fourth-order valence-corrected chi connectivity index (χ4v) is 3.37. The molecule has 1 fully saturated rings. The fourth-order valence-electron chi connectivity index (χ4n) is 2.74. The summed E-state index contributed by atoms with van der Waals surface area (Å²) in [6, 6.07) is 6.80. The molecule has 6 heteroatoms. The van der Waals surface area contributed by atoms with Crippen LogP contribution in [0, 0.1) is 0 Å². The van der Waals surface area contributed by atoms with Crippen LogP contribution in [-0.2, 0) is 9.84 Å². The molecule has 0 saturated heterocycles.